The molecule has 27 heavy (non-hydrogen) atoms. The summed E-state index contributed by atoms with van der Waals surface area (Å²) in [6, 6.07) is 5.09. The average Bonchev–Trinajstić information content (AvgIpc) is 2.58. The predicted molar refractivity (Wildman–Crippen MR) is 116 cm³/mol. The van der Waals surface area contributed by atoms with Crippen LogP contribution in [0.1, 0.15) is 44.0 Å². The first-order valence-electron chi connectivity index (χ1n) is 9.63. The summed E-state index contributed by atoms with van der Waals surface area (Å²) in [7, 11) is 0. The number of nitrogens with zero attached hydrogens (tertiary/aromatic N) is 1. The van der Waals surface area contributed by atoms with Gasteiger partial charge < -0.3 is 20.3 Å². The number of carbonyl (C=O) groups excluding carboxylic acids is 1. The van der Waals surface area contributed by atoms with Crippen molar-refractivity contribution in [3.05, 3.63) is 28.8 Å². The van der Waals surface area contributed by atoms with E-state index in [1.165, 1.54) is 19.5 Å². The number of thiocarbonyl (C=S) groups is 1. The van der Waals surface area contributed by atoms with Crippen LogP contribution in [0.15, 0.2) is 18.2 Å². The van der Waals surface area contributed by atoms with Crippen LogP contribution >= 0.6 is 23.8 Å². The van der Waals surface area contributed by atoms with E-state index in [4.69, 9.17) is 28.6 Å². The SMILES string of the molecule is CCOC(=O)c1ccc(NC(=S)NCCCN2C[C@H](C)C[C@@H](C)C2)cc1Cl. The summed E-state index contributed by atoms with van der Waals surface area (Å²) in [5.41, 5.74) is 1.09. The Bertz CT molecular complexity index is 646. The lowest BCUT2D eigenvalue weighted by molar-refractivity contribution is 0.0526. The number of likely N-dealkylation sites (tertiary alicyclic amines) is 1. The van der Waals surface area contributed by atoms with E-state index < -0.39 is 5.97 Å². The van der Waals surface area contributed by atoms with E-state index in [0.717, 1.165) is 37.0 Å². The summed E-state index contributed by atoms with van der Waals surface area (Å²) in [5.74, 6) is 1.15. The molecule has 0 radical (unpaired) electrons. The van der Waals surface area contributed by atoms with E-state index in [1.54, 1.807) is 25.1 Å². The monoisotopic (exact) mass is 411 g/mol. The summed E-state index contributed by atoms with van der Waals surface area (Å²) in [6.45, 7) is 11.0. The molecule has 1 aliphatic heterocycles. The second kappa shape index (κ2) is 10.8. The first-order chi connectivity index (χ1) is 12.9. The van der Waals surface area contributed by atoms with Gasteiger partial charge in [-0.15, -0.1) is 0 Å². The maximum atomic E-state index is 11.8. The molecule has 1 aliphatic rings. The van der Waals surface area contributed by atoms with Crippen LogP contribution in [0.5, 0.6) is 0 Å². The predicted octanol–water partition coefficient (Wildman–Crippen LogP) is 4.17. The molecule has 1 aromatic rings. The molecule has 1 fully saturated rings. The quantitative estimate of drug-likeness (QED) is 0.399. The van der Waals surface area contributed by atoms with E-state index in [2.05, 4.69) is 29.4 Å². The van der Waals surface area contributed by atoms with Gasteiger partial charge in [0.15, 0.2) is 5.11 Å². The highest BCUT2D eigenvalue weighted by Crippen LogP contribution is 2.22. The maximum absolute atomic E-state index is 11.8. The average molecular weight is 412 g/mol. The van der Waals surface area contributed by atoms with Crippen LogP contribution in [0.25, 0.3) is 0 Å². The van der Waals surface area contributed by atoms with E-state index in [0.29, 0.717) is 22.3 Å². The van der Waals surface area contributed by atoms with Crippen molar-refractivity contribution in [2.24, 2.45) is 11.8 Å². The molecule has 2 N–H and O–H groups in total. The van der Waals surface area contributed by atoms with Crippen LogP contribution < -0.4 is 10.6 Å². The molecule has 1 aromatic carbocycles. The van der Waals surface area contributed by atoms with Crippen molar-refractivity contribution in [2.75, 3.05) is 38.1 Å². The number of piperidine rings is 1. The van der Waals surface area contributed by atoms with Crippen LogP contribution in [0.2, 0.25) is 5.02 Å². The second-order valence-corrected chi connectivity index (χ2v) is 8.17. The van der Waals surface area contributed by atoms with Crippen molar-refractivity contribution in [2.45, 2.75) is 33.6 Å². The molecule has 2 atom stereocenters. The number of carbonyl (C=O) groups is 1. The highest BCUT2D eigenvalue weighted by molar-refractivity contribution is 7.80. The van der Waals surface area contributed by atoms with Crippen molar-refractivity contribution in [3.8, 4) is 0 Å². The lowest BCUT2D eigenvalue weighted by Gasteiger charge is -2.35. The van der Waals surface area contributed by atoms with Crippen molar-refractivity contribution >= 4 is 40.6 Å². The first-order valence-corrected chi connectivity index (χ1v) is 10.4. The lowest BCUT2D eigenvalue weighted by atomic mass is 9.92. The van der Waals surface area contributed by atoms with Gasteiger partial charge in [0.05, 0.1) is 17.2 Å². The smallest absolute Gasteiger partial charge is 0.339 e. The van der Waals surface area contributed by atoms with Gasteiger partial charge >= 0.3 is 5.97 Å². The zero-order valence-electron chi connectivity index (χ0n) is 16.4. The number of halogens is 1. The Morgan fingerprint density at radius 3 is 2.67 bits per heavy atom. The van der Waals surface area contributed by atoms with Crippen LogP contribution in [0, 0.1) is 11.8 Å². The topological polar surface area (TPSA) is 53.6 Å². The van der Waals surface area contributed by atoms with E-state index in [9.17, 15) is 4.79 Å². The molecule has 7 heteroatoms. The Hall–Kier alpha value is -1.37. The second-order valence-electron chi connectivity index (χ2n) is 7.36. The van der Waals surface area contributed by atoms with Crippen LogP contribution in [-0.4, -0.2) is 48.8 Å². The number of nitrogens with one attached hydrogen (secondary N) is 2. The molecule has 5 nitrogen and oxygen atoms in total. The molecule has 1 heterocycles. The van der Waals surface area contributed by atoms with Gasteiger partial charge in [-0.2, -0.15) is 0 Å². The number of esters is 1. The van der Waals surface area contributed by atoms with E-state index in [-0.39, 0.29) is 0 Å². The largest absolute Gasteiger partial charge is 0.462 e. The molecule has 2 rings (SSSR count). The van der Waals surface area contributed by atoms with Gasteiger partial charge in [0.25, 0.3) is 0 Å². The number of ether oxygens (including phenoxy) is 1. The Morgan fingerprint density at radius 2 is 2.04 bits per heavy atom. The molecule has 0 amide bonds. The van der Waals surface area contributed by atoms with Crippen molar-refractivity contribution in [1.82, 2.24) is 10.2 Å². The molecule has 0 aromatic heterocycles. The third-order valence-electron chi connectivity index (χ3n) is 4.60. The summed E-state index contributed by atoms with van der Waals surface area (Å²) >= 11 is 11.5. The number of hydrogen-bond acceptors (Lipinski definition) is 4. The molecule has 150 valence electrons. The summed E-state index contributed by atoms with van der Waals surface area (Å²) < 4.78 is 4.97. The maximum Gasteiger partial charge on any atom is 0.339 e. The van der Waals surface area contributed by atoms with Gasteiger partial charge in [-0.25, -0.2) is 4.79 Å². The molecule has 1 saturated heterocycles. The number of anilines is 1. The first kappa shape index (κ1) is 21.9. The van der Waals surface area contributed by atoms with Crippen molar-refractivity contribution in [3.63, 3.8) is 0 Å². The minimum atomic E-state index is -0.420. The van der Waals surface area contributed by atoms with Gasteiger partial charge in [-0.05, 0) is 68.6 Å². The van der Waals surface area contributed by atoms with E-state index >= 15 is 0 Å². The number of rotatable bonds is 7. The Morgan fingerprint density at radius 1 is 1.33 bits per heavy atom. The molecule has 0 aliphatic carbocycles. The Labute approximate surface area is 172 Å². The minimum Gasteiger partial charge on any atom is -0.462 e. The van der Waals surface area contributed by atoms with Gasteiger partial charge in [-0.3, -0.25) is 0 Å². The third kappa shape index (κ3) is 7.28. The van der Waals surface area contributed by atoms with Crippen molar-refractivity contribution in [1.29, 1.82) is 0 Å². The number of benzene rings is 1. The highest BCUT2D eigenvalue weighted by atomic mass is 35.5. The standard InChI is InChI=1S/C20H30ClN3O2S/c1-4-26-19(25)17-7-6-16(11-18(17)21)23-20(27)22-8-5-9-24-12-14(2)10-15(3)13-24/h6-7,11,14-15H,4-5,8-10,12-13H2,1-3H3,(H2,22,23,27)/t14-,15-/m1/s1. The molecular weight excluding hydrogens is 382 g/mol. The van der Waals surface area contributed by atoms with Crippen LogP contribution in [0.3, 0.4) is 0 Å². The van der Waals surface area contributed by atoms with Crippen LogP contribution in [0.4, 0.5) is 5.69 Å². The Kier molecular flexibility index (Phi) is 8.80. The third-order valence-corrected chi connectivity index (χ3v) is 5.16. The number of hydrogen-bond donors (Lipinski definition) is 2. The van der Waals surface area contributed by atoms with Crippen LogP contribution in [-0.2, 0) is 4.74 Å². The normalized spacial score (nSPS) is 20.1. The summed E-state index contributed by atoms with van der Waals surface area (Å²) in [6.07, 6.45) is 2.38. The molecular formula is C20H30ClN3O2S. The van der Waals surface area contributed by atoms with Gasteiger partial charge in [0, 0.05) is 25.3 Å². The molecule has 0 saturated carbocycles. The molecule has 0 unspecified atom stereocenters. The lowest BCUT2D eigenvalue weighted by Crippen LogP contribution is -2.40. The zero-order valence-corrected chi connectivity index (χ0v) is 18.0. The summed E-state index contributed by atoms with van der Waals surface area (Å²) in [5, 5.41) is 7.23. The molecule has 0 spiro atoms. The van der Waals surface area contributed by atoms with Gasteiger partial charge in [-0.1, -0.05) is 25.4 Å². The van der Waals surface area contributed by atoms with Crippen molar-refractivity contribution < 1.29 is 9.53 Å². The summed E-state index contributed by atoms with van der Waals surface area (Å²) in [4.78, 5) is 14.3. The van der Waals surface area contributed by atoms with Gasteiger partial charge in [0.1, 0.15) is 0 Å². The Balaban J connectivity index is 1.72. The zero-order chi connectivity index (χ0) is 19.8. The fourth-order valence-corrected chi connectivity index (χ4v) is 4.10. The van der Waals surface area contributed by atoms with E-state index in [1.807, 2.05) is 0 Å². The van der Waals surface area contributed by atoms with Gasteiger partial charge in [0.2, 0.25) is 0 Å². The molecule has 0 bridgehead atoms. The highest BCUT2D eigenvalue weighted by Gasteiger charge is 2.21. The minimum absolute atomic E-state index is 0.318. The fourth-order valence-electron chi connectivity index (χ4n) is 3.62. The fraction of sp³-hybridized carbons (Fsp3) is 0.600.